The number of hydrogen-bond donors (Lipinski definition) is 1. The van der Waals surface area contributed by atoms with Gasteiger partial charge in [0, 0.05) is 55.2 Å². The summed E-state index contributed by atoms with van der Waals surface area (Å²) in [6.45, 7) is 5.21. The maximum absolute atomic E-state index is 14.7. The molecule has 168 valence electrons. The van der Waals surface area contributed by atoms with E-state index in [1.807, 2.05) is 24.0 Å². The first-order valence-electron chi connectivity index (χ1n) is 10.7. The molecule has 1 spiro atoms. The first-order valence-corrected chi connectivity index (χ1v) is 11.5. The lowest BCUT2D eigenvalue weighted by molar-refractivity contribution is -0.127. The van der Waals surface area contributed by atoms with Gasteiger partial charge in [-0.3, -0.25) is 9.69 Å². The van der Waals surface area contributed by atoms with Gasteiger partial charge in [-0.2, -0.15) is 0 Å². The minimum absolute atomic E-state index is 0.0317. The van der Waals surface area contributed by atoms with Crippen molar-refractivity contribution in [3.05, 3.63) is 56.8 Å². The van der Waals surface area contributed by atoms with E-state index in [0.29, 0.717) is 44.9 Å². The number of likely N-dealkylation sites (tertiary alicyclic amines) is 1. The molecule has 8 heteroatoms. The quantitative estimate of drug-likeness (QED) is 0.759. The molecule has 2 aromatic rings. The molecule has 31 heavy (non-hydrogen) atoms. The first kappa shape index (κ1) is 22.3. The van der Waals surface area contributed by atoms with Gasteiger partial charge in [-0.15, -0.1) is 11.3 Å². The average Bonchev–Trinajstić information content (AvgIpc) is 3.20. The summed E-state index contributed by atoms with van der Waals surface area (Å²) in [5, 5.41) is 9.07. The second-order valence-corrected chi connectivity index (χ2v) is 9.71. The number of nitrogens with zero attached hydrogens (tertiary/aromatic N) is 2. The Hall–Kier alpha value is -1.87. The average molecular weight is 451 g/mol. The van der Waals surface area contributed by atoms with Crippen molar-refractivity contribution in [3.63, 3.8) is 0 Å². The zero-order valence-electron chi connectivity index (χ0n) is 17.7. The summed E-state index contributed by atoms with van der Waals surface area (Å²) in [5.41, 5.74) is 0.0254. The summed E-state index contributed by atoms with van der Waals surface area (Å²) < 4.78 is 34.7. The van der Waals surface area contributed by atoms with Gasteiger partial charge in [-0.05, 0) is 38.0 Å². The highest BCUT2D eigenvalue weighted by molar-refractivity contribution is 7.13. The predicted molar refractivity (Wildman–Crippen MR) is 115 cm³/mol. The number of morpholine rings is 1. The molecule has 1 N–H and O–H groups in total. The van der Waals surface area contributed by atoms with Crippen molar-refractivity contribution in [3.8, 4) is 0 Å². The Morgan fingerprint density at radius 3 is 2.65 bits per heavy atom. The Kier molecular flexibility index (Phi) is 6.71. The second-order valence-electron chi connectivity index (χ2n) is 8.42. The molecule has 2 fully saturated rings. The van der Waals surface area contributed by atoms with E-state index < -0.39 is 11.6 Å². The van der Waals surface area contributed by atoms with Crippen molar-refractivity contribution in [2.45, 2.75) is 38.3 Å². The van der Waals surface area contributed by atoms with Crippen LogP contribution in [-0.4, -0.2) is 65.8 Å². The third kappa shape index (κ3) is 4.82. The Morgan fingerprint density at radius 1 is 1.19 bits per heavy atom. The summed E-state index contributed by atoms with van der Waals surface area (Å²) in [5.74, 6) is -1.12. The lowest BCUT2D eigenvalue weighted by atomic mass is 9.89. The number of rotatable bonds is 5. The van der Waals surface area contributed by atoms with Gasteiger partial charge in [0.1, 0.15) is 11.6 Å². The topological polar surface area (TPSA) is 53.0 Å². The van der Waals surface area contributed by atoms with Gasteiger partial charge in [0.15, 0.2) is 0 Å². The van der Waals surface area contributed by atoms with Crippen LogP contribution in [0.25, 0.3) is 0 Å². The van der Waals surface area contributed by atoms with Crippen molar-refractivity contribution in [1.82, 2.24) is 9.80 Å². The number of piperidine rings is 1. The first-order chi connectivity index (χ1) is 14.9. The Balaban J connectivity index is 1.38. The number of halogens is 2. The van der Waals surface area contributed by atoms with E-state index in [1.54, 1.807) is 0 Å². The number of carbonyl (C=O) groups excluding carboxylic acids is 1. The van der Waals surface area contributed by atoms with Crippen LogP contribution in [0.15, 0.2) is 24.3 Å². The summed E-state index contributed by atoms with van der Waals surface area (Å²) >= 11 is 1.51. The van der Waals surface area contributed by atoms with Crippen molar-refractivity contribution in [1.29, 1.82) is 0 Å². The van der Waals surface area contributed by atoms with Crippen LogP contribution in [-0.2, 0) is 17.7 Å². The number of hydrogen-bond acceptors (Lipinski definition) is 5. The summed E-state index contributed by atoms with van der Waals surface area (Å²) in [6, 6.07) is 6.60. The van der Waals surface area contributed by atoms with Crippen LogP contribution in [0.2, 0.25) is 0 Å². The maximum Gasteiger partial charge on any atom is 0.264 e. The fourth-order valence-corrected chi connectivity index (χ4v) is 5.33. The molecule has 0 aliphatic carbocycles. The maximum atomic E-state index is 14.7. The van der Waals surface area contributed by atoms with Crippen LogP contribution < -0.4 is 0 Å². The molecule has 0 saturated carbocycles. The molecule has 0 radical (unpaired) electrons. The molecule has 1 aromatic carbocycles. The van der Waals surface area contributed by atoms with Gasteiger partial charge >= 0.3 is 0 Å². The largest absolute Gasteiger partial charge is 0.396 e. The van der Waals surface area contributed by atoms with Crippen LogP contribution in [0, 0.1) is 18.6 Å². The molecular weight excluding hydrogens is 422 g/mol. The summed E-state index contributed by atoms with van der Waals surface area (Å²) in [4.78, 5) is 18.8. The summed E-state index contributed by atoms with van der Waals surface area (Å²) in [6.07, 6.45) is 1.48. The fourth-order valence-electron chi connectivity index (χ4n) is 4.49. The Morgan fingerprint density at radius 2 is 1.97 bits per heavy atom. The summed E-state index contributed by atoms with van der Waals surface area (Å²) in [7, 11) is 0. The van der Waals surface area contributed by atoms with Crippen molar-refractivity contribution in [2.24, 2.45) is 0 Å². The van der Waals surface area contributed by atoms with Crippen molar-refractivity contribution >= 4 is 17.2 Å². The van der Waals surface area contributed by atoms with E-state index in [-0.39, 0.29) is 30.1 Å². The van der Waals surface area contributed by atoms with Gasteiger partial charge < -0.3 is 14.7 Å². The Bertz CT molecular complexity index is 941. The van der Waals surface area contributed by atoms with Crippen LogP contribution in [0.1, 0.15) is 38.5 Å². The molecule has 2 aliphatic rings. The van der Waals surface area contributed by atoms with E-state index in [1.165, 1.54) is 23.5 Å². The molecule has 1 aromatic heterocycles. The highest BCUT2D eigenvalue weighted by atomic mass is 32.1. The van der Waals surface area contributed by atoms with Gasteiger partial charge in [0.2, 0.25) is 0 Å². The number of aliphatic hydroxyl groups is 1. The van der Waals surface area contributed by atoms with E-state index in [0.717, 1.165) is 22.6 Å². The zero-order valence-corrected chi connectivity index (χ0v) is 18.5. The van der Waals surface area contributed by atoms with Crippen molar-refractivity contribution in [2.75, 3.05) is 39.4 Å². The lowest BCUT2D eigenvalue weighted by Crippen LogP contribution is -2.57. The Labute approximate surface area is 185 Å². The number of benzene rings is 1. The van der Waals surface area contributed by atoms with Crippen LogP contribution >= 0.6 is 11.3 Å². The molecule has 2 saturated heterocycles. The number of thiophene rings is 1. The molecule has 4 rings (SSSR count). The molecule has 2 aliphatic heterocycles. The molecule has 3 heterocycles. The van der Waals surface area contributed by atoms with Crippen LogP contribution in [0.3, 0.4) is 0 Å². The van der Waals surface area contributed by atoms with Gasteiger partial charge in [-0.1, -0.05) is 6.07 Å². The molecule has 0 atom stereocenters. The van der Waals surface area contributed by atoms with Gasteiger partial charge in [0.05, 0.1) is 23.6 Å². The van der Waals surface area contributed by atoms with Crippen LogP contribution in [0.4, 0.5) is 8.78 Å². The molecule has 5 nitrogen and oxygen atoms in total. The highest BCUT2D eigenvalue weighted by Crippen LogP contribution is 2.32. The van der Waals surface area contributed by atoms with E-state index in [2.05, 4.69) is 4.90 Å². The smallest absolute Gasteiger partial charge is 0.264 e. The third-order valence-corrected chi connectivity index (χ3v) is 7.26. The molecule has 1 amide bonds. The van der Waals surface area contributed by atoms with Gasteiger partial charge in [-0.25, -0.2) is 8.78 Å². The highest BCUT2D eigenvalue weighted by Gasteiger charge is 2.41. The molecule has 0 unspecified atom stereocenters. The minimum Gasteiger partial charge on any atom is -0.396 e. The monoisotopic (exact) mass is 450 g/mol. The van der Waals surface area contributed by atoms with E-state index in [9.17, 15) is 13.6 Å². The SMILES string of the molecule is Cc1ccc(C(=O)N2CCOC3(CCN(Cc4ccc(F)c(CCO)c4F)CC3)C2)s1. The fraction of sp³-hybridized carbons (Fsp3) is 0.522. The number of aryl methyl sites for hydroxylation is 1. The van der Waals surface area contributed by atoms with E-state index in [4.69, 9.17) is 9.84 Å². The molecule has 0 bridgehead atoms. The standard InChI is InChI=1S/C23H28F2N2O3S/c1-16-2-5-20(31-16)22(29)27-11-13-30-23(15-27)7-9-26(10-8-23)14-17-3-4-19(24)18(6-12-28)21(17)25/h2-5,28H,6-15H2,1H3. The number of amides is 1. The van der Waals surface area contributed by atoms with Crippen LogP contribution in [0.5, 0.6) is 0 Å². The molecular formula is C23H28F2N2O3S. The number of aliphatic hydroxyl groups excluding tert-OH is 1. The zero-order chi connectivity index (χ0) is 22.0. The third-order valence-electron chi connectivity index (χ3n) is 6.28. The second kappa shape index (κ2) is 9.32. The van der Waals surface area contributed by atoms with E-state index >= 15 is 0 Å². The minimum atomic E-state index is -0.616. The number of ether oxygens (including phenoxy) is 1. The normalized spacial score (nSPS) is 19.2. The lowest BCUT2D eigenvalue weighted by Gasteiger charge is -2.47. The number of carbonyl (C=O) groups is 1. The predicted octanol–water partition coefficient (Wildman–Crippen LogP) is 3.38. The van der Waals surface area contributed by atoms with Gasteiger partial charge in [0.25, 0.3) is 5.91 Å². The van der Waals surface area contributed by atoms with Crippen molar-refractivity contribution < 1.29 is 23.4 Å².